The van der Waals surface area contributed by atoms with E-state index in [0.717, 1.165) is 5.56 Å². The smallest absolute Gasteiger partial charge is 0.337 e. The molecule has 2 N–H and O–H groups in total. The van der Waals surface area contributed by atoms with E-state index in [4.69, 9.17) is 11.6 Å². The molecule has 2 aromatic carbocycles. The van der Waals surface area contributed by atoms with Crippen LogP contribution in [0.3, 0.4) is 0 Å². The van der Waals surface area contributed by atoms with E-state index in [1.54, 1.807) is 24.3 Å². The summed E-state index contributed by atoms with van der Waals surface area (Å²) in [7, 11) is 1.32. The van der Waals surface area contributed by atoms with E-state index in [9.17, 15) is 9.59 Å². The standard InChI is InChI=1S/C18H19ClN2O3/c1-12(13-3-7-15(19)8-4-13)20-11-17(22)21-16-9-5-14(6-10-16)18(23)24-2/h3-10,12,20H,11H2,1-2H3,(H,21,22)/t12-/m0/s1. The molecular formula is C18H19ClN2O3. The molecule has 24 heavy (non-hydrogen) atoms. The minimum Gasteiger partial charge on any atom is -0.465 e. The van der Waals surface area contributed by atoms with Gasteiger partial charge < -0.3 is 15.4 Å². The van der Waals surface area contributed by atoms with Crippen LogP contribution in [0, 0.1) is 0 Å². The number of halogens is 1. The topological polar surface area (TPSA) is 67.4 Å². The molecule has 5 nitrogen and oxygen atoms in total. The molecule has 6 heteroatoms. The number of esters is 1. The predicted molar refractivity (Wildman–Crippen MR) is 94.3 cm³/mol. The van der Waals surface area contributed by atoms with Crippen LogP contribution in [0.25, 0.3) is 0 Å². The summed E-state index contributed by atoms with van der Waals surface area (Å²) in [4.78, 5) is 23.3. The van der Waals surface area contributed by atoms with Gasteiger partial charge in [0.2, 0.25) is 5.91 Å². The summed E-state index contributed by atoms with van der Waals surface area (Å²) in [5.41, 5.74) is 2.10. The van der Waals surface area contributed by atoms with Gasteiger partial charge in [0.15, 0.2) is 0 Å². The van der Waals surface area contributed by atoms with Crippen LogP contribution < -0.4 is 10.6 Å². The summed E-state index contributed by atoms with van der Waals surface area (Å²) in [6.07, 6.45) is 0. The second-order valence-electron chi connectivity index (χ2n) is 5.27. The Morgan fingerprint density at radius 2 is 1.71 bits per heavy atom. The highest BCUT2D eigenvalue weighted by atomic mass is 35.5. The average molecular weight is 347 g/mol. The third-order valence-electron chi connectivity index (χ3n) is 3.53. The number of hydrogen-bond donors (Lipinski definition) is 2. The van der Waals surface area contributed by atoms with Crippen molar-refractivity contribution in [3.63, 3.8) is 0 Å². The first kappa shape index (κ1) is 18.0. The van der Waals surface area contributed by atoms with Crippen LogP contribution in [0.4, 0.5) is 5.69 Å². The van der Waals surface area contributed by atoms with Gasteiger partial charge in [0, 0.05) is 16.8 Å². The maximum absolute atomic E-state index is 12.0. The number of anilines is 1. The van der Waals surface area contributed by atoms with E-state index in [-0.39, 0.29) is 18.5 Å². The van der Waals surface area contributed by atoms with Gasteiger partial charge in [-0.3, -0.25) is 4.79 Å². The lowest BCUT2D eigenvalue weighted by Gasteiger charge is -2.14. The number of methoxy groups -OCH3 is 1. The zero-order chi connectivity index (χ0) is 17.5. The van der Waals surface area contributed by atoms with Crippen molar-refractivity contribution in [1.82, 2.24) is 5.32 Å². The van der Waals surface area contributed by atoms with Crippen molar-refractivity contribution < 1.29 is 14.3 Å². The summed E-state index contributed by atoms with van der Waals surface area (Å²) in [6.45, 7) is 2.14. The molecule has 0 spiro atoms. The summed E-state index contributed by atoms with van der Waals surface area (Å²) >= 11 is 5.86. The van der Waals surface area contributed by atoms with Crippen LogP contribution >= 0.6 is 11.6 Å². The Morgan fingerprint density at radius 1 is 1.08 bits per heavy atom. The van der Waals surface area contributed by atoms with Gasteiger partial charge >= 0.3 is 5.97 Å². The van der Waals surface area contributed by atoms with E-state index in [1.807, 2.05) is 31.2 Å². The van der Waals surface area contributed by atoms with Gasteiger partial charge in [-0.05, 0) is 48.9 Å². The first-order valence-electron chi connectivity index (χ1n) is 7.46. The normalized spacial score (nSPS) is 11.6. The number of ether oxygens (including phenoxy) is 1. The van der Waals surface area contributed by atoms with E-state index in [1.165, 1.54) is 7.11 Å². The lowest BCUT2D eigenvalue weighted by atomic mass is 10.1. The fourth-order valence-electron chi connectivity index (χ4n) is 2.13. The molecule has 2 aromatic rings. The lowest BCUT2D eigenvalue weighted by molar-refractivity contribution is -0.115. The number of nitrogens with one attached hydrogen (secondary N) is 2. The molecule has 126 valence electrons. The van der Waals surface area contributed by atoms with Gasteiger partial charge in [-0.15, -0.1) is 0 Å². The summed E-state index contributed by atoms with van der Waals surface area (Å²) in [5, 5.41) is 6.59. The van der Waals surface area contributed by atoms with Crippen molar-refractivity contribution >= 4 is 29.2 Å². The average Bonchev–Trinajstić information content (AvgIpc) is 2.60. The largest absolute Gasteiger partial charge is 0.465 e. The number of benzene rings is 2. The quantitative estimate of drug-likeness (QED) is 0.786. The Hall–Kier alpha value is -2.37. The van der Waals surface area contributed by atoms with Crippen LogP contribution in [0.1, 0.15) is 28.9 Å². The molecule has 0 aromatic heterocycles. The molecule has 0 aliphatic heterocycles. The highest BCUT2D eigenvalue weighted by Crippen LogP contribution is 2.16. The molecule has 0 heterocycles. The Balaban J connectivity index is 1.84. The van der Waals surface area contributed by atoms with Crippen LogP contribution in [-0.2, 0) is 9.53 Å². The van der Waals surface area contributed by atoms with Crippen molar-refractivity contribution in [2.24, 2.45) is 0 Å². The van der Waals surface area contributed by atoms with Gasteiger partial charge in [0.05, 0.1) is 19.2 Å². The number of amides is 1. The highest BCUT2D eigenvalue weighted by Gasteiger charge is 2.09. The Kier molecular flexibility index (Phi) is 6.35. The number of carbonyl (C=O) groups excluding carboxylic acids is 2. The fraction of sp³-hybridized carbons (Fsp3) is 0.222. The molecule has 0 fully saturated rings. The van der Waals surface area contributed by atoms with Crippen LogP contribution in [0.2, 0.25) is 5.02 Å². The Bertz CT molecular complexity index is 699. The van der Waals surface area contributed by atoms with E-state index in [2.05, 4.69) is 15.4 Å². The molecule has 0 unspecified atom stereocenters. The number of hydrogen-bond acceptors (Lipinski definition) is 4. The molecule has 0 bridgehead atoms. The number of carbonyl (C=O) groups is 2. The van der Waals surface area contributed by atoms with Gasteiger partial charge in [0.1, 0.15) is 0 Å². The van der Waals surface area contributed by atoms with Crippen molar-refractivity contribution in [1.29, 1.82) is 0 Å². The molecule has 0 aliphatic carbocycles. The zero-order valence-electron chi connectivity index (χ0n) is 13.5. The lowest BCUT2D eigenvalue weighted by Crippen LogP contribution is -2.30. The van der Waals surface area contributed by atoms with Gasteiger partial charge in [-0.25, -0.2) is 4.79 Å². The third-order valence-corrected chi connectivity index (χ3v) is 3.78. The van der Waals surface area contributed by atoms with Gasteiger partial charge in [-0.2, -0.15) is 0 Å². The van der Waals surface area contributed by atoms with Crippen molar-refractivity contribution in [2.75, 3.05) is 19.0 Å². The van der Waals surface area contributed by atoms with Crippen molar-refractivity contribution in [3.05, 3.63) is 64.7 Å². The molecule has 0 aliphatic rings. The van der Waals surface area contributed by atoms with Crippen LogP contribution in [0.15, 0.2) is 48.5 Å². The van der Waals surface area contributed by atoms with Crippen LogP contribution in [0.5, 0.6) is 0 Å². The summed E-state index contributed by atoms with van der Waals surface area (Å²) in [5.74, 6) is -0.576. The first-order valence-corrected chi connectivity index (χ1v) is 7.84. The Labute approximate surface area is 146 Å². The minimum atomic E-state index is -0.411. The zero-order valence-corrected chi connectivity index (χ0v) is 14.3. The van der Waals surface area contributed by atoms with Crippen molar-refractivity contribution in [2.45, 2.75) is 13.0 Å². The van der Waals surface area contributed by atoms with Gasteiger partial charge in [-0.1, -0.05) is 23.7 Å². The molecule has 0 radical (unpaired) electrons. The molecular weight excluding hydrogens is 328 g/mol. The van der Waals surface area contributed by atoms with Crippen LogP contribution in [-0.4, -0.2) is 25.5 Å². The second-order valence-corrected chi connectivity index (χ2v) is 5.71. The first-order chi connectivity index (χ1) is 11.5. The molecule has 0 saturated heterocycles. The second kappa shape index (κ2) is 8.47. The fourth-order valence-corrected chi connectivity index (χ4v) is 2.25. The summed E-state index contributed by atoms with van der Waals surface area (Å²) < 4.78 is 4.63. The van der Waals surface area contributed by atoms with Crippen molar-refractivity contribution in [3.8, 4) is 0 Å². The summed E-state index contributed by atoms with van der Waals surface area (Å²) in [6, 6.07) is 14.0. The van der Waals surface area contributed by atoms with E-state index >= 15 is 0 Å². The maximum Gasteiger partial charge on any atom is 0.337 e. The monoisotopic (exact) mass is 346 g/mol. The highest BCUT2D eigenvalue weighted by molar-refractivity contribution is 6.30. The minimum absolute atomic E-state index is 0.0229. The predicted octanol–water partition coefficient (Wildman–Crippen LogP) is 3.42. The third kappa shape index (κ3) is 5.08. The van der Waals surface area contributed by atoms with E-state index in [0.29, 0.717) is 16.3 Å². The Morgan fingerprint density at radius 3 is 2.29 bits per heavy atom. The van der Waals surface area contributed by atoms with Gasteiger partial charge in [0.25, 0.3) is 0 Å². The van der Waals surface area contributed by atoms with E-state index < -0.39 is 5.97 Å². The molecule has 0 saturated carbocycles. The number of rotatable bonds is 6. The maximum atomic E-state index is 12.0. The molecule has 2 rings (SSSR count). The SMILES string of the molecule is COC(=O)c1ccc(NC(=O)CN[C@@H](C)c2ccc(Cl)cc2)cc1. The molecule has 1 amide bonds. The molecule has 1 atom stereocenters.